The highest BCUT2D eigenvalue weighted by molar-refractivity contribution is 9.10. The molecule has 0 amide bonds. The van der Waals surface area contributed by atoms with E-state index in [2.05, 4.69) is 59.4 Å². The number of halogens is 2. The van der Waals surface area contributed by atoms with Crippen molar-refractivity contribution in [2.24, 2.45) is 0 Å². The first-order valence-electron chi connectivity index (χ1n) is 10.6. The van der Waals surface area contributed by atoms with E-state index in [1.54, 1.807) is 23.5 Å². The Morgan fingerprint density at radius 1 is 1.06 bits per heavy atom. The third-order valence-electron chi connectivity index (χ3n) is 5.95. The fourth-order valence-corrected chi connectivity index (χ4v) is 6.47. The molecule has 32 heavy (non-hydrogen) atoms. The second-order valence-electron chi connectivity index (χ2n) is 8.17. The van der Waals surface area contributed by atoms with Crippen LogP contribution in [-0.4, -0.2) is 11.1 Å². The van der Waals surface area contributed by atoms with Gasteiger partial charge in [0.15, 0.2) is 0 Å². The first-order valence-corrected chi connectivity index (χ1v) is 12.7. The van der Waals surface area contributed by atoms with E-state index in [0.29, 0.717) is 5.56 Å². The fourth-order valence-electron chi connectivity index (χ4n) is 4.50. The van der Waals surface area contributed by atoms with Gasteiger partial charge in [0, 0.05) is 20.1 Å². The summed E-state index contributed by atoms with van der Waals surface area (Å²) in [5.74, 6) is -0.562. The molecule has 4 rings (SSSR count). The summed E-state index contributed by atoms with van der Waals surface area (Å²) < 4.78 is 2.37. The lowest BCUT2D eigenvalue weighted by atomic mass is 9.75. The molecule has 1 aromatic heterocycles. The summed E-state index contributed by atoms with van der Waals surface area (Å²) in [6, 6.07) is 20.0. The van der Waals surface area contributed by atoms with E-state index < -0.39 is 5.97 Å². The number of carbonyl (C=O) groups is 1. The van der Waals surface area contributed by atoms with Gasteiger partial charge in [-0.2, -0.15) is 0 Å². The largest absolute Gasteiger partial charge is 0.478 e. The predicted molar refractivity (Wildman–Crippen MR) is 139 cm³/mol. The maximum atomic E-state index is 11.4. The molecule has 0 aliphatic carbocycles. The zero-order valence-electron chi connectivity index (χ0n) is 17.9. The van der Waals surface area contributed by atoms with Gasteiger partial charge in [-0.25, -0.2) is 4.79 Å². The molecule has 0 fully saturated rings. The first kappa shape index (κ1) is 23.0. The molecule has 5 heteroatoms. The number of aromatic carboxylic acids is 1. The van der Waals surface area contributed by atoms with Crippen molar-refractivity contribution in [2.75, 3.05) is 0 Å². The highest BCUT2D eigenvalue weighted by atomic mass is 79.9. The van der Waals surface area contributed by atoms with E-state index in [-0.39, 0.29) is 11.8 Å². The number of hydrogen-bond acceptors (Lipinski definition) is 2. The van der Waals surface area contributed by atoms with Crippen molar-refractivity contribution < 1.29 is 9.90 Å². The number of hydrogen-bond donors (Lipinski definition) is 1. The standard InChI is InChI=1S/C27H24BrClO2S/c1-3-4-21(17-5-7-19(8-6-17)27(30)31)25(18-9-11-20(29)12-10-18)23-15-32-26-22(23)13-16(2)14-24(26)28/h5-15,21,25H,3-4H2,1-2H3,(H,30,31)/t21-,25?/m1/s1. The van der Waals surface area contributed by atoms with E-state index >= 15 is 0 Å². The van der Waals surface area contributed by atoms with E-state index in [1.165, 1.54) is 26.8 Å². The number of thiophene rings is 1. The molecule has 0 radical (unpaired) electrons. The van der Waals surface area contributed by atoms with Crippen LogP contribution in [0.1, 0.15) is 64.2 Å². The molecule has 1 N–H and O–H groups in total. The molecule has 4 aromatic rings. The van der Waals surface area contributed by atoms with Gasteiger partial charge < -0.3 is 5.11 Å². The van der Waals surface area contributed by atoms with Gasteiger partial charge in [-0.05, 0) is 98.5 Å². The maximum Gasteiger partial charge on any atom is 0.335 e. The van der Waals surface area contributed by atoms with E-state index in [1.807, 2.05) is 24.3 Å². The molecule has 0 aliphatic heterocycles. The lowest BCUT2D eigenvalue weighted by Gasteiger charge is -2.28. The average Bonchev–Trinajstić information content (AvgIpc) is 3.18. The Bertz CT molecular complexity index is 1250. The molecular weight excluding hydrogens is 504 g/mol. The lowest BCUT2D eigenvalue weighted by molar-refractivity contribution is 0.0697. The topological polar surface area (TPSA) is 37.3 Å². The van der Waals surface area contributed by atoms with E-state index in [4.69, 9.17) is 11.6 Å². The van der Waals surface area contributed by atoms with Crippen LogP contribution < -0.4 is 0 Å². The van der Waals surface area contributed by atoms with Gasteiger partial charge >= 0.3 is 5.97 Å². The molecule has 164 valence electrons. The summed E-state index contributed by atoms with van der Waals surface area (Å²) in [6.45, 7) is 4.32. The van der Waals surface area contributed by atoms with Crippen LogP contribution in [0.5, 0.6) is 0 Å². The van der Waals surface area contributed by atoms with Crippen molar-refractivity contribution in [3.8, 4) is 0 Å². The Labute approximate surface area is 206 Å². The van der Waals surface area contributed by atoms with Crippen molar-refractivity contribution in [3.05, 3.63) is 103 Å². The van der Waals surface area contributed by atoms with Crippen LogP contribution in [0.25, 0.3) is 10.1 Å². The normalized spacial score (nSPS) is 13.2. The molecule has 0 saturated carbocycles. The highest BCUT2D eigenvalue weighted by Crippen LogP contribution is 2.47. The Balaban J connectivity index is 1.92. The summed E-state index contributed by atoms with van der Waals surface area (Å²) in [7, 11) is 0. The van der Waals surface area contributed by atoms with E-state index in [9.17, 15) is 9.90 Å². The zero-order chi connectivity index (χ0) is 22.8. The van der Waals surface area contributed by atoms with Gasteiger partial charge in [-0.3, -0.25) is 0 Å². The molecule has 0 spiro atoms. The number of benzene rings is 3. The van der Waals surface area contributed by atoms with Gasteiger partial charge in [-0.15, -0.1) is 11.3 Å². The van der Waals surface area contributed by atoms with Crippen LogP contribution in [0, 0.1) is 6.92 Å². The third kappa shape index (κ3) is 4.63. The molecule has 0 aliphatic rings. The van der Waals surface area contributed by atoms with Crippen molar-refractivity contribution in [3.63, 3.8) is 0 Å². The number of carboxylic acid groups (broad SMARTS) is 1. The van der Waals surface area contributed by atoms with Crippen molar-refractivity contribution in [2.45, 2.75) is 38.5 Å². The van der Waals surface area contributed by atoms with Gasteiger partial charge in [-0.1, -0.05) is 55.3 Å². The molecular formula is C27H24BrClO2S. The summed E-state index contributed by atoms with van der Waals surface area (Å²) >= 11 is 11.7. The molecule has 2 nitrogen and oxygen atoms in total. The summed E-state index contributed by atoms with van der Waals surface area (Å²) in [5.41, 5.74) is 5.21. The Hall–Kier alpha value is -2.14. The van der Waals surface area contributed by atoms with Crippen LogP contribution in [-0.2, 0) is 0 Å². The molecule has 3 aromatic carbocycles. The maximum absolute atomic E-state index is 11.4. The summed E-state index contributed by atoms with van der Waals surface area (Å²) in [5, 5.41) is 13.6. The number of fused-ring (bicyclic) bond motifs is 1. The molecule has 2 atom stereocenters. The second kappa shape index (κ2) is 9.78. The Morgan fingerprint density at radius 3 is 2.34 bits per heavy atom. The smallest absolute Gasteiger partial charge is 0.335 e. The minimum atomic E-state index is -0.901. The summed E-state index contributed by atoms with van der Waals surface area (Å²) in [6.07, 6.45) is 2.02. The SMILES string of the molecule is CCC[C@H](c1ccc(C(=O)O)cc1)C(c1ccc(Cl)cc1)c1csc2c(Br)cc(C)cc12. The van der Waals surface area contributed by atoms with Crippen molar-refractivity contribution >= 4 is 54.9 Å². The fraction of sp³-hybridized carbons (Fsp3) is 0.222. The molecule has 0 saturated heterocycles. The Kier molecular flexibility index (Phi) is 7.04. The predicted octanol–water partition coefficient (Wildman–Crippen LogP) is 9.04. The molecule has 1 unspecified atom stereocenters. The molecule has 0 bridgehead atoms. The summed E-state index contributed by atoms with van der Waals surface area (Å²) in [4.78, 5) is 11.4. The molecule has 1 heterocycles. The first-order chi connectivity index (χ1) is 15.4. The lowest BCUT2D eigenvalue weighted by Crippen LogP contribution is -2.13. The zero-order valence-corrected chi connectivity index (χ0v) is 21.1. The minimum absolute atomic E-state index is 0.130. The van der Waals surface area contributed by atoms with Crippen molar-refractivity contribution in [1.29, 1.82) is 0 Å². The number of carboxylic acids is 1. The quantitative estimate of drug-likeness (QED) is 0.260. The highest BCUT2D eigenvalue weighted by Gasteiger charge is 2.29. The second-order valence-corrected chi connectivity index (χ2v) is 10.3. The number of aryl methyl sites for hydroxylation is 1. The number of rotatable bonds is 7. The van der Waals surface area contributed by atoms with Crippen LogP contribution in [0.2, 0.25) is 5.02 Å². The van der Waals surface area contributed by atoms with Crippen LogP contribution in [0.4, 0.5) is 0 Å². The monoisotopic (exact) mass is 526 g/mol. The Morgan fingerprint density at radius 2 is 1.72 bits per heavy atom. The van der Waals surface area contributed by atoms with Crippen molar-refractivity contribution in [1.82, 2.24) is 0 Å². The van der Waals surface area contributed by atoms with Gasteiger partial charge in [0.05, 0.1) is 5.56 Å². The average molecular weight is 528 g/mol. The van der Waals surface area contributed by atoms with Gasteiger partial charge in [0.2, 0.25) is 0 Å². The van der Waals surface area contributed by atoms with Crippen LogP contribution >= 0.6 is 38.9 Å². The van der Waals surface area contributed by atoms with Crippen LogP contribution in [0.3, 0.4) is 0 Å². The van der Waals surface area contributed by atoms with Crippen LogP contribution in [0.15, 0.2) is 70.5 Å². The van der Waals surface area contributed by atoms with Gasteiger partial charge in [0.1, 0.15) is 0 Å². The van der Waals surface area contributed by atoms with Gasteiger partial charge in [0.25, 0.3) is 0 Å². The third-order valence-corrected chi connectivity index (χ3v) is 8.14. The minimum Gasteiger partial charge on any atom is -0.478 e. The van der Waals surface area contributed by atoms with E-state index in [0.717, 1.165) is 27.9 Å².